The van der Waals surface area contributed by atoms with Gasteiger partial charge in [-0.25, -0.2) is 5.87 Å². The number of hydrogen-bond donors (Lipinski definition) is 0. The van der Waals surface area contributed by atoms with Crippen LogP contribution in [0.15, 0.2) is 66.5 Å². The van der Waals surface area contributed by atoms with E-state index in [9.17, 15) is 9.59 Å². The summed E-state index contributed by atoms with van der Waals surface area (Å²) in [5, 5.41) is 23.7. The maximum atomic E-state index is 11.8. The average molecular weight is 316 g/mol. The highest BCUT2D eigenvalue weighted by molar-refractivity contribution is 6.15. The van der Waals surface area contributed by atoms with Gasteiger partial charge in [-0.3, -0.25) is 9.59 Å². The number of carbonyl (C=O) groups excluding carboxylic acids is 2. The van der Waals surface area contributed by atoms with Crippen LogP contribution in [-0.4, -0.2) is 17.4 Å². The quantitative estimate of drug-likeness (QED) is 0.213. The zero-order chi connectivity index (χ0) is 17.8. The van der Waals surface area contributed by atoms with Gasteiger partial charge in [-0.1, -0.05) is 36.4 Å². The molecule has 0 bridgehead atoms. The van der Waals surface area contributed by atoms with Crippen molar-refractivity contribution in [3.63, 3.8) is 0 Å². The monoisotopic (exact) mass is 316 g/mol. The molecule has 0 unspecified atom stereocenters. The number of benzene rings is 1. The summed E-state index contributed by atoms with van der Waals surface area (Å²) in [5.41, 5.74) is 0.0892. The van der Waals surface area contributed by atoms with Crippen LogP contribution < -0.4 is 4.57 Å². The molecule has 0 aliphatic carbocycles. The molecule has 116 valence electrons. The standard InChI is InChI=1S/C13H12NO.C5N3O/c15-13(12-7-3-1-4-8-12)11-14-9-5-2-6-10-14;6-1-4(2-7)5(9)3-8/h1-10H,11H2;/q+1;-1. The lowest BCUT2D eigenvalue weighted by molar-refractivity contribution is -0.683. The highest BCUT2D eigenvalue weighted by Crippen LogP contribution is 1.99. The molecule has 0 saturated heterocycles. The van der Waals surface area contributed by atoms with Crippen LogP contribution in [-0.2, 0) is 11.3 Å². The van der Waals surface area contributed by atoms with Crippen molar-refractivity contribution in [2.75, 3.05) is 0 Å². The smallest absolute Gasteiger partial charge is 0.278 e. The summed E-state index contributed by atoms with van der Waals surface area (Å²) in [4.78, 5) is 21.9. The van der Waals surface area contributed by atoms with Crippen LogP contribution in [0.2, 0.25) is 0 Å². The third-order valence-electron chi connectivity index (χ3n) is 2.75. The minimum atomic E-state index is -1.08. The molecule has 0 atom stereocenters. The molecule has 6 nitrogen and oxygen atoms in total. The molecule has 0 aliphatic rings. The lowest BCUT2D eigenvalue weighted by atomic mass is 10.1. The Bertz CT molecular complexity index is 840. The summed E-state index contributed by atoms with van der Waals surface area (Å²) in [6, 6.07) is 17.5. The second kappa shape index (κ2) is 9.97. The minimum Gasteiger partial charge on any atom is -0.762 e. The van der Waals surface area contributed by atoms with Crippen LogP contribution >= 0.6 is 0 Å². The van der Waals surface area contributed by atoms with E-state index in [1.165, 1.54) is 11.9 Å². The molecule has 1 aromatic carbocycles. The Morgan fingerprint density at radius 2 is 1.54 bits per heavy atom. The van der Waals surface area contributed by atoms with E-state index < -0.39 is 11.4 Å². The van der Waals surface area contributed by atoms with Gasteiger partial charge in [0.05, 0.1) is 0 Å². The van der Waals surface area contributed by atoms with Crippen molar-refractivity contribution in [3.8, 4) is 12.1 Å². The molecular weight excluding hydrogens is 304 g/mol. The minimum absolute atomic E-state index is 0.131. The van der Waals surface area contributed by atoms with Crippen molar-refractivity contribution in [1.29, 1.82) is 10.5 Å². The van der Waals surface area contributed by atoms with Gasteiger partial charge in [-0.2, -0.15) is 15.1 Å². The van der Waals surface area contributed by atoms with Crippen LogP contribution in [0.25, 0.3) is 5.41 Å². The Morgan fingerprint density at radius 1 is 0.958 bits per heavy atom. The van der Waals surface area contributed by atoms with Gasteiger partial charge < -0.3 is 5.41 Å². The zero-order valence-corrected chi connectivity index (χ0v) is 12.6. The SMILES string of the molecule is N#CC(=O)C(=C=[N-])C#N.O=C(C[n+]1ccccc1)c1ccccc1. The summed E-state index contributed by atoms with van der Waals surface area (Å²) in [7, 11) is 0. The molecule has 0 fully saturated rings. The molecule has 0 aliphatic heterocycles. The van der Waals surface area contributed by atoms with Crippen molar-refractivity contribution in [3.05, 3.63) is 77.5 Å². The van der Waals surface area contributed by atoms with E-state index in [-0.39, 0.29) is 5.78 Å². The molecule has 6 heteroatoms. The van der Waals surface area contributed by atoms with Crippen LogP contribution in [0.1, 0.15) is 10.4 Å². The van der Waals surface area contributed by atoms with Gasteiger partial charge in [-0.05, 0) is 0 Å². The second-order valence-corrected chi connectivity index (χ2v) is 4.38. The summed E-state index contributed by atoms with van der Waals surface area (Å²) in [6.45, 7) is 0.394. The van der Waals surface area contributed by atoms with E-state index in [1.54, 1.807) is 0 Å². The van der Waals surface area contributed by atoms with Crippen molar-refractivity contribution in [1.82, 2.24) is 0 Å². The van der Waals surface area contributed by atoms with Gasteiger partial charge in [0.2, 0.25) is 12.3 Å². The first kappa shape index (κ1) is 18.2. The molecular formula is C18H12N4O2. The molecule has 0 saturated carbocycles. The molecule has 0 amide bonds. The van der Waals surface area contributed by atoms with Crippen LogP contribution in [0.3, 0.4) is 0 Å². The highest BCUT2D eigenvalue weighted by Gasteiger charge is 2.10. The van der Waals surface area contributed by atoms with E-state index in [2.05, 4.69) is 0 Å². The van der Waals surface area contributed by atoms with Gasteiger partial charge in [0, 0.05) is 17.7 Å². The summed E-state index contributed by atoms with van der Waals surface area (Å²) in [6.07, 6.45) is 3.78. The predicted molar refractivity (Wildman–Crippen MR) is 85.5 cm³/mol. The van der Waals surface area contributed by atoms with E-state index in [4.69, 9.17) is 15.9 Å². The molecule has 2 aromatic rings. The molecule has 0 spiro atoms. The summed E-state index contributed by atoms with van der Waals surface area (Å²) >= 11 is 0. The Morgan fingerprint density at radius 3 is 2.00 bits per heavy atom. The Balaban J connectivity index is 0.000000277. The number of pyridine rings is 1. The molecule has 24 heavy (non-hydrogen) atoms. The van der Waals surface area contributed by atoms with Crippen molar-refractivity contribution < 1.29 is 14.2 Å². The average Bonchev–Trinajstić information content (AvgIpc) is 2.64. The van der Waals surface area contributed by atoms with Gasteiger partial charge in [0.25, 0.3) is 5.78 Å². The van der Waals surface area contributed by atoms with Crippen LogP contribution in [0.5, 0.6) is 0 Å². The zero-order valence-electron chi connectivity index (χ0n) is 12.6. The van der Waals surface area contributed by atoms with E-state index in [1.807, 2.05) is 65.5 Å². The van der Waals surface area contributed by atoms with Crippen LogP contribution in [0.4, 0.5) is 0 Å². The summed E-state index contributed by atoms with van der Waals surface area (Å²) < 4.78 is 1.87. The number of ketones is 2. The Hall–Kier alpha value is -3.86. The largest absolute Gasteiger partial charge is 0.762 e. The maximum absolute atomic E-state index is 11.8. The number of aromatic nitrogens is 1. The van der Waals surface area contributed by atoms with Gasteiger partial charge in [0.1, 0.15) is 17.7 Å². The van der Waals surface area contributed by atoms with Gasteiger partial charge >= 0.3 is 0 Å². The fraction of sp³-hybridized carbons (Fsp3) is 0.0556. The van der Waals surface area contributed by atoms with Gasteiger partial charge in [-0.15, -0.1) is 0 Å². The third-order valence-corrected chi connectivity index (χ3v) is 2.75. The lowest BCUT2D eigenvalue weighted by Gasteiger charge is -1.96. The number of nitrogens with zero attached hydrogens (tertiary/aromatic N) is 4. The number of nitriles is 2. The van der Waals surface area contributed by atoms with Crippen molar-refractivity contribution >= 4 is 17.4 Å². The fourth-order valence-electron chi connectivity index (χ4n) is 1.60. The number of hydrogen-bond acceptors (Lipinski definition) is 4. The number of Topliss-reactive ketones (excluding diaryl/α,β-unsaturated/α-hetero) is 2. The van der Waals surface area contributed by atoms with Crippen molar-refractivity contribution in [2.45, 2.75) is 6.54 Å². The molecule has 1 heterocycles. The third kappa shape index (κ3) is 5.87. The van der Waals surface area contributed by atoms with Crippen molar-refractivity contribution in [2.24, 2.45) is 0 Å². The Labute approximate surface area is 139 Å². The predicted octanol–water partition coefficient (Wildman–Crippen LogP) is 1.63. The normalized spacial score (nSPS) is 8.42. The topological polar surface area (TPSA) is 108 Å². The van der Waals surface area contributed by atoms with E-state index in [0.717, 1.165) is 11.6 Å². The molecule has 2 rings (SSSR count). The van der Waals surface area contributed by atoms with E-state index in [0.29, 0.717) is 6.54 Å². The fourth-order valence-corrected chi connectivity index (χ4v) is 1.60. The molecule has 1 aromatic heterocycles. The highest BCUT2D eigenvalue weighted by atomic mass is 16.1. The number of rotatable bonds is 4. The number of allylic oxidation sites excluding steroid dienone is 1. The van der Waals surface area contributed by atoms with Gasteiger partial charge in [0.15, 0.2) is 12.4 Å². The molecule has 0 radical (unpaired) electrons. The van der Waals surface area contributed by atoms with E-state index >= 15 is 0 Å². The lowest BCUT2D eigenvalue weighted by Crippen LogP contribution is -2.36. The number of carbonyl (C=O) groups is 2. The van der Waals surface area contributed by atoms with Crippen LogP contribution in [0, 0.1) is 22.7 Å². The first-order chi connectivity index (χ1) is 11.6. The molecule has 0 N–H and O–H groups in total. The Kier molecular flexibility index (Phi) is 7.55. The first-order valence-electron chi connectivity index (χ1n) is 6.76. The maximum Gasteiger partial charge on any atom is 0.278 e. The first-order valence-corrected chi connectivity index (χ1v) is 6.76. The second-order valence-electron chi connectivity index (χ2n) is 4.38. The summed E-state index contributed by atoms with van der Waals surface area (Å²) in [5.74, 6) is 0.334.